The standard InChI is InChI=1S/C26H32N4O5S3/c1-18-24(21(31)17-38(33,34)29(2)3)28-23(37-18)16-30(13-5-7-20-8-6-14-36-20)25(32)26(11-12-26)22-10-9-19(35-4)15-27-22/h6,8-10,14-15H,5,7,11-13,16-17H2,1-4H3. The highest BCUT2D eigenvalue weighted by molar-refractivity contribution is 7.89. The number of nitrogens with zero attached hydrogens (tertiary/aromatic N) is 4. The Morgan fingerprint density at radius 1 is 1.18 bits per heavy atom. The molecule has 1 fully saturated rings. The van der Waals surface area contributed by atoms with Crippen molar-refractivity contribution in [3.63, 3.8) is 0 Å². The molecule has 1 aliphatic carbocycles. The number of methoxy groups -OCH3 is 1. The lowest BCUT2D eigenvalue weighted by Crippen LogP contribution is -2.40. The molecular formula is C26H32N4O5S3. The van der Waals surface area contributed by atoms with Gasteiger partial charge >= 0.3 is 0 Å². The molecular weight excluding hydrogens is 545 g/mol. The Balaban J connectivity index is 1.55. The monoisotopic (exact) mass is 576 g/mol. The molecule has 38 heavy (non-hydrogen) atoms. The number of carbonyl (C=O) groups is 2. The van der Waals surface area contributed by atoms with Gasteiger partial charge in [-0.1, -0.05) is 6.07 Å². The fourth-order valence-corrected chi connectivity index (χ4v) is 6.69. The molecule has 0 atom stereocenters. The number of ether oxygens (including phenoxy) is 1. The number of carbonyl (C=O) groups excluding carboxylic acids is 2. The minimum Gasteiger partial charge on any atom is -0.495 e. The average molecular weight is 577 g/mol. The van der Waals surface area contributed by atoms with E-state index < -0.39 is 27.0 Å². The second kappa shape index (κ2) is 11.6. The van der Waals surface area contributed by atoms with Gasteiger partial charge < -0.3 is 9.64 Å². The van der Waals surface area contributed by atoms with E-state index in [9.17, 15) is 18.0 Å². The maximum atomic E-state index is 13.9. The summed E-state index contributed by atoms with van der Waals surface area (Å²) in [7, 11) is 0.669. The number of Topliss-reactive ketones (excluding diaryl/α,β-unsaturated/α-hetero) is 1. The lowest BCUT2D eigenvalue weighted by atomic mass is 9.99. The predicted molar refractivity (Wildman–Crippen MR) is 148 cm³/mol. The van der Waals surface area contributed by atoms with E-state index in [2.05, 4.69) is 16.0 Å². The number of thiazole rings is 1. The van der Waals surface area contributed by atoms with Crippen LogP contribution in [-0.4, -0.2) is 72.8 Å². The molecule has 1 aliphatic rings. The Morgan fingerprint density at radius 3 is 2.53 bits per heavy atom. The molecule has 0 unspecified atom stereocenters. The van der Waals surface area contributed by atoms with Crippen molar-refractivity contribution in [2.75, 3.05) is 33.5 Å². The predicted octanol–water partition coefficient (Wildman–Crippen LogP) is 3.68. The third kappa shape index (κ3) is 6.31. The van der Waals surface area contributed by atoms with Crippen molar-refractivity contribution in [1.29, 1.82) is 0 Å². The first-order chi connectivity index (χ1) is 18.1. The minimum absolute atomic E-state index is 0.00254. The van der Waals surface area contributed by atoms with Gasteiger partial charge in [-0.15, -0.1) is 22.7 Å². The third-order valence-electron chi connectivity index (χ3n) is 6.64. The second-order valence-corrected chi connectivity index (χ2v) is 14.1. The largest absolute Gasteiger partial charge is 0.495 e. The van der Waals surface area contributed by atoms with Gasteiger partial charge in [0.2, 0.25) is 15.9 Å². The first-order valence-corrected chi connectivity index (χ1v) is 15.6. The van der Waals surface area contributed by atoms with Crippen molar-refractivity contribution in [1.82, 2.24) is 19.2 Å². The normalized spacial score (nSPS) is 14.4. The van der Waals surface area contributed by atoms with Crippen LogP contribution in [0.1, 0.15) is 50.2 Å². The summed E-state index contributed by atoms with van der Waals surface area (Å²) in [6.07, 6.45) is 4.72. The van der Waals surface area contributed by atoms with Crippen molar-refractivity contribution in [3.8, 4) is 5.75 Å². The smallest absolute Gasteiger partial charge is 0.235 e. The molecule has 204 valence electrons. The molecule has 0 spiro atoms. The number of hydrogen-bond donors (Lipinski definition) is 0. The van der Waals surface area contributed by atoms with Crippen LogP contribution in [0.3, 0.4) is 0 Å². The van der Waals surface area contributed by atoms with Crippen molar-refractivity contribution >= 4 is 44.4 Å². The first kappa shape index (κ1) is 28.3. The SMILES string of the molecule is COc1ccc(C2(C(=O)N(CCCc3cccs3)Cc3nc(C(=O)CS(=O)(=O)N(C)C)c(C)s3)CC2)nc1. The topological polar surface area (TPSA) is 110 Å². The van der Waals surface area contributed by atoms with E-state index in [-0.39, 0.29) is 18.1 Å². The lowest BCUT2D eigenvalue weighted by molar-refractivity contribution is -0.134. The number of ketones is 1. The number of amides is 1. The van der Waals surface area contributed by atoms with Crippen molar-refractivity contribution < 1.29 is 22.7 Å². The summed E-state index contributed by atoms with van der Waals surface area (Å²) in [6.45, 7) is 2.54. The Labute approximate surface area is 231 Å². The molecule has 9 nitrogen and oxygen atoms in total. The zero-order chi connectivity index (χ0) is 27.5. The van der Waals surface area contributed by atoms with Crippen LogP contribution in [0.4, 0.5) is 0 Å². The summed E-state index contributed by atoms with van der Waals surface area (Å²) < 4.78 is 30.7. The Bertz CT molecular complexity index is 1380. The van der Waals surface area contributed by atoms with E-state index in [0.717, 1.165) is 35.7 Å². The zero-order valence-electron chi connectivity index (χ0n) is 22.0. The molecule has 12 heteroatoms. The van der Waals surface area contributed by atoms with E-state index >= 15 is 0 Å². The van der Waals surface area contributed by atoms with E-state index in [1.54, 1.807) is 31.6 Å². The summed E-state index contributed by atoms with van der Waals surface area (Å²) in [5.74, 6) is -0.552. The third-order valence-corrected chi connectivity index (χ3v) is 10.3. The summed E-state index contributed by atoms with van der Waals surface area (Å²) in [5.41, 5.74) is 0.214. The number of rotatable bonds is 13. The minimum atomic E-state index is -3.70. The summed E-state index contributed by atoms with van der Waals surface area (Å²) in [6, 6.07) is 7.78. The molecule has 4 rings (SSSR count). The van der Waals surface area contributed by atoms with Crippen LogP contribution in [0.2, 0.25) is 0 Å². The highest BCUT2D eigenvalue weighted by Gasteiger charge is 2.54. The average Bonchev–Trinajstić information content (AvgIpc) is 3.36. The summed E-state index contributed by atoms with van der Waals surface area (Å²) in [4.78, 5) is 39.4. The van der Waals surface area contributed by atoms with Crippen LogP contribution in [0, 0.1) is 6.92 Å². The van der Waals surface area contributed by atoms with Gasteiger partial charge in [-0.25, -0.2) is 17.7 Å². The maximum Gasteiger partial charge on any atom is 0.235 e. The highest BCUT2D eigenvalue weighted by atomic mass is 32.2. The molecule has 0 N–H and O–H groups in total. The molecule has 0 aromatic carbocycles. The number of thiophene rings is 1. The van der Waals surface area contributed by atoms with Gasteiger partial charge in [-0.05, 0) is 56.2 Å². The van der Waals surface area contributed by atoms with Crippen LogP contribution >= 0.6 is 22.7 Å². The Morgan fingerprint density at radius 2 is 1.95 bits per heavy atom. The van der Waals surface area contributed by atoms with Gasteiger partial charge in [-0.3, -0.25) is 14.6 Å². The van der Waals surface area contributed by atoms with Crippen LogP contribution in [0.25, 0.3) is 0 Å². The molecule has 3 aromatic heterocycles. The number of hydrogen-bond acceptors (Lipinski definition) is 9. The van der Waals surface area contributed by atoms with Crippen LogP contribution in [0.15, 0.2) is 35.8 Å². The fourth-order valence-electron chi connectivity index (χ4n) is 4.25. The Kier molecular flexibility index (Phi) is 8.65. The highest BCUT2D eigenvalue weighted by Crippen LogP contribution is 2.49. The number of sulfonamides is 1. The summed E-state index contributed by atoms with van der Waals surface area (Å²) >= 11 is 3.02. The molecule has 0 aliphatic heterocycles. The zero-order valence-corrected chi connectivity index (χ0v) is 24.4. The van der Waals surface area contributed by atoms with E-state index in [1.165, 1.54) is 30.3 Å². The molecule has 0 radical (unpaired) electrons. The maximum absolute atomic E-state index is 13.9. The fraction of sp³-hybridized carbons (Fsp3) is 0.462. The van der Waals surface area contributed by atoms with Crippen LogP contribution < -0.4 is 4.74 Å². The van der Waals surface area contributed by atoms with Crippen LogP contribution in [-0.2, 0) is 33.2 Å². The van der Waals surface area contributed by atoms with Gasteiger partial charge in [0.1, 0.15) is 22.2 Å². The lowest BCUT2D eigenvalue weighted by Gasteiger charge is -2.26. The Hall–Kier alpha value is -2.67. The molecule has 3 heterocycles. The van der Waals surface area contributed by atoms with Crippen molar-refractivity contribution in [3.05, 3.63) is 62.0 Å². The molecule has 0 bridgehead atoms. The van der Waals surface area contributed by atoms with Gasteiger partial charge in [0, 0.05) is 30.4 Å². The van der Waals surface area contributed by atoms with Gasteiger partial charge in [-0.2, -0.15) is 0 Å². The second-order valence-electron chi connectivity index (χ2n) is 9.55. The number of aromatic nitrogens is 2. The number of pyridine rings is 1. The van der Waals surface area contributed by atoms with Gasteiger partial charge in [0.15, 0.2) is 5.78 Å². The quantitative estimate of drug-likeness (QED) is 0.286. The van der Waals surface area contributed by atoms with E-state index in [1.807, 2.05) is 28.5 Å². The molecule has 0 saturated heterocycles. The van der Waals surface area contributed by atoms with Crippen LogP contribution in [0.5, 0.6) is 5.75 Å². The molecule has 1 amide bonds. The van der Waals surface area contributed by atoms with Gasteiger partial charge in [0.25, 0.3) is 0 Å². The number of aryl methyl sites for hydroxylation is 2. The summed E-state index contributed by atoms with van der Waals surface area (Å²) in [5, 5.41) is 2.65. The van der Waals surface area contributed by atoms with E-state index in [0.29, 0.717) is 22.2 Å². The molecule has 3 aromatic rings. The van der Waals surface area contributed by atoms with E-state index in [4.69, 9.17) is 4.74 Å². The van der Waals surface area contributed by atoms with Crippen molar-refractivity contribution in [2.24, 2.45) is 0 Å². The first-order valence-electron chi connectivity index (χ1n) is 12.3. The van der Waals surface area contributed by atoms with Crippen molar-refractivity contribution in [2.45, 2.75) is 44.6 Å². The van der Waals surface area contributed by atoms with Gasteiger partial charge in [0.05, 0.1) is 31.0 Å². The molecule has 1 saturated carbocycles.